The lowest BCUT2D eigenvalue weighted by molar-refractivity contribution is -0.120. The standard InChI is InChI=1S/C17H24N4OS/c1-11-12(2)23-17-15(11)16(19-10-20-17)18-9-14(22)21-13-7-5-3-4-6-8-13/h10,13H,3-9H2,1-2H3,(H,21,22)(H,18,19,20). The predicted molar refractivity (Wildman–Crippen MR) is 95.0 cm³/mol. The number of anilines is 1. The Hall–Kier alpha value is -1.69. The molecule has 5 nitrogen and oxygen atoms in total. The van der Waals surface area contributed by atoms with Crippen LogP contribution in [0.4, 0.5) is 5.82 Å². The molecule has 2 aromatic heterocycles. The molecule has 0 aliphatic heterocycles. The van der Waals surface area contributed by atoms with Crippen molar-refractivity contribution in [1.82, 2.24) is 15.3 Å². The highest BCUT2D eigenvalue weighted by Crippen LogP contribution is 2.32. The second kappa shape index (κ2) is 7.25. The summed E-state index contributed by atoms with van der Waals surface area (Å²) in [6.07, 6.45) is 8.79. The molecule has 0 atom stereocenters. The fourth-order valence-electron chi connectivity index (χ4n) is 3.18. The van der Waals surface area contributed by atoms with Gasteiger partial charge in [0.1, 0.15) is 17.0 Å². The van der Waals surface area contributed by atoms with E-state index in [9.17, 15) is 4.79 Å². The molecule has 0 spiro atoms. The number of aromatic nitrogens is 2. The number of nitrogens with one attached hydrogen (secondary N) is 2. The number of amides is 1. The summed E-state index contributed by atoms with van der Waals surface area (Å²) in [7, 11) is 0. The van der Waals surface area contributed by atoms with Crippen LogP contribution in [0.1, 0.15) is 49.0 Å². The van der Waals surface area contributed by atoms with Gasteiger partial charge in [0.05, 0.1) is 11.9 Å². The van der Waals surface area contributed by atoms with E-state index in [1.807, 2.05) is 0 Å². The molecule has 1 fully saturated rings. The Balaban J connectivity index is 1.62. The molecule has 1 aliphatic carbocycles. The number of nitrogens with zero attached hydrogens (tertiary/aromatic N) is 2. The Labute approximate surface area is 140 Å². The van der Waals surface area contributed by atoms with Crippen molar-refractivity contribution in [2.75, 3.05) is 11.9 Å². The van der Waals surface area contributed by atoms with E-state index < -0.39 is 0 Å². The van der Waals surface area contributed by atoms with E-state index in [1.54, 1.807) is 17.7 Å². The molecule has 2 aromatic rings. The number of fused-ring (bicyclic) bond motifs is 1. The molecule has 1 saturated carbocycles. The van der Waals surface area contributed by atoms with Gasteiger partial charge in [0.2, 0.25) is 5.91 Å². The van der Waals surface area contributed by atoms with E-state index in [0.29, 0.717) is 6.04 Å². The minimum absolute atomic E-state index is 0.0493. The number of carbonyl (C=O) groups excluding carboxylic acids is 1. The summed E-state index contributed by atoms with van der Waals surface area (Å²) in [5, 5.41) is 7.38. The number of rotatable bonds is 4. The van der Waals surface area contributed by atoms with Crippen molar-refractivity contribution < 1.29 is 4.79 Å². The number of hydrogen-bond acceptors (Lipinski definition) is 5. The molecular formula is C17H24N4OS. The molecule has 0 radical (unpaired) electrons. The van der Waals surface area contributed by atoms with Crippen LogP contribution in [0.2, 0.25) is 0 Å². The summed E-state index contributed by atoms with van der Waals surface area (Å²) in [4.78, 5) is 23.1. The van der Waals surface area contributed by atoms with Gasteiger partial charge in [0, 0.05) is 10.9 Å². The fourth-order valence-corrected chi connectivity index (χ4v) is 4.18. The van der Waals surface area contributed by atoms with Crippen LogP contribution in [0.25, 0.3) is 10.2 Å². The first-order valence-electron chi connectivity index (χ1n) is 8.39. The van der Waals surface area contributed by atoms with Crippen molar-refractivity contribution in [3.05, 3.63) is 16.8 Å². The smallest absolute Gasteiger partial charge is 0.239 e. The van der Waals surface area contributed by atoms with Crippen LogP contribution in [0.3, 0.4) is 0 Å². The van der Waals surface area contributed by atoms with Gasteiger partial charge in [-0.05, 0) is 32.3 Å². The van der Waals surface area contributed by atoms with Crippen LogP contribution in [0.5, 0.6) is 0 Å². The first-order valence-corrected chi connectivity index (χ1v) is 9.20. The van der Waals surface area contributed by atoms with Gasteiger partial charge in [-0.15, -0.1) is 11.3 Å². The maximum absolute atomic E-state index is 12.2. The van der Waals surface area contributed by atoms with Crippen LogP contribution in [0, 0.1) is 13.8 Å². The van der Waals surface area contributed by atoms with E-state index in [0.717, 1.165) is 28.9 Å². The minimum Gasteiger partial charge on any atom is -0.360 e. The largest absolute Gasteiger partial charge is 0.360 e. The zero-order valence-electron chi connectivity index (χ0n) is 13.8. The molecule has 2 N–H and O–H groups in total. The summed E-state index contributed by atoms with van der Waals surface area (Å²) in [5.41, 5.74) is 1.19. The van der Waals surface area contributed by atoms with E-state index in [-0.39, 0.29) is 12.5 Å². The average molecular weight is 332 g/mol. The van der Waals surface area contributed by atoms with E-state index in [2.05, 4.69) is 34.4 Å². The Morgan fingerprint density at radius 2 is 1.96 bits per heavy atom. The number of carbonyl (C=O) groups is 1. The van der Waals surface area contributed by atoms with Crippen LogP contribution >= 0.6 is 11.3 Å². The molecule has 1 amide bonds. The average Bonchev–Trinajstić information content (AvgIpc) is 2.71. The summed E-state index contributed by atoms with van der Waals surface area (Å²) >= 11 is 1.67. The van der Waals surface area contributed by atoms with Gasteiger partial charge in [-0.2, -0.15) is 0 Å². The highest BCUT2D eigenvalue weighted by atomic mass is 32.1. The maximum atomic E-state index is 12.2. The lowest BCUT2D eigenvalue weighted by Crippen LogP contribution is -2.38. The van der Waals surface area contributed by atoms with E-state index in [4.69, 9.17) is 0 Å². The SMILES string of the molecule is Cc1sc2ncnc(NCC(=O)NC3CCCCCC3)c2c1C. The van der Waals surface area contributed by atoms with Crippen molar-refractivity contribution >= 4 is 33.3 Å². The predicted octanol–water partition coefficient (Wildman–Crippen LogP) is 3.56. The monoisotopic (exact) mass is 332 g/mol. The van der Waals surface area contributed by atoms with Gasteiger partial charge in [-0.3, -0.25) is 4.79 Å². The Bertz CT molecular complexity index is 689. The summed E-state index contributed by atoms with van der Waals surface area (Å²) in [5.74, 6) is 0.807. The molecule has 0 unspecified atom stereocenters. The topological polar surface area (TPSA) is 66.9 Å². The second-order valence-corrected chi connectivity index (χ2v) is 7.50. The van der Waals surface area contributed by atoms with Gasteiger partial charge < -0.3 is 10.6 Å². The lowest BCUT2D eigenvalue weighted by atomic mass is 10.1. The third-order valence-corrected chi connectivity index (χ3v) is 5.72. The van der Waals surface area contributed by atoms with E-state index >= 15 is 0 Å². The van der Waals surface area contributed by atoms with Gasteiger partial charge in [0.25, 0.3) is 0 Å². The molecule has 2 heterocycles. The molecule has 0 saturated heterocycles. The zero-order chi connectivity index (χ0) is 16.2. The van der Waals surface area contributed by atoms with Crippen LogP contribution in [-0.2, 0) is 4.79 Å². The molecule has 1 aliphatic rings. The summed E-state index contributed by atoms with van der Waals surface area (Å²) < 4.78 is 0. The molecule has 6 heteroatoms. The number of thiophene rings is 1. The third-order valence-electron chi connectivity index (χ3n) is 4.60. The third kappa shape index (κ3) is 3.80. The molecular weight excluding hydrogens is 308 g/mol. The molecule has 0 bridgehead atoms. The minimum atomic E-state index is 0.0493. The second-order valence-electron chi connectivity index (χ2n) is 6.30. The van der Waals surface area contributed by atoms with Crippen LogP contribution < -0.4 is 10.6 Å². The summed E-state index contributed by atoms with van der Waals surface area (Å²) in [6.45, 7) is 4.43. The van der Waals surface area contributed by atoms with Crippen LogP contribution in [-0.4, -0.2) is 28.5 Å². The quantitative estimate of drug-likeness (QED) is 0.840. The van der Waals surface area contributed by atoms with Crippen molar-refractivity contribution in [3.8, 4) is 0 Å². The number of aryl methyl sites for hydroxylation is 2. The van der Waals surface area contributed by atoms with Crippen molar-refractivity contribution in [3.63, 3.8) is 0 Å². The lowest BCUT2D eigenvalue weighted by Gasteiger charge is -2.16. The van der Waals surface area contributed by atoms with Crippen molar-refractivity contribution in [2.24, 2.45) is 0 Å². The first kappa shape index (κ1) is 16.2. The normalized spacial score (nSPS) is 16.3. The Morgan fingerprint density at radius 3 is 2.70 bits per heavy atom. The van der Waals surface area contributed by atoms with Crippen molar-refractivity contribution in [1.29, 1.82) is 0 Å². The fraction of sp³-hybridized carbons (Fsp3) is 0.588. The molecule has 23 heavy (non-hydrogen) atoms. The zero-order valence-corrected chi connectivity index (χ0v) is 14.6. The van der Waals surface area contributed by atoms with Gasteiger partial charge in [0.15, 0.2) is 0 Å². The van der Waals surface area contributed by atoms with Crippen LogP contribution in [0.15, 0.2) is 6.33 Å². The van der Waals surface area contributed by atoms with Gasteiger partial charge in [-0.1, -0.05) is 25.7 Å². The highest BCUT2D eigenvalue weighted by Gasteiger charge is 2.16. The molecule has 124 valence electrons. The first-order chi connectivity index (χ1) is 11.1. The molecule has 0 aromatic carbocycles. The Kier molecular flexibility index (Phi) is 5.10. The van der Waals surface area contributed by atoms with E-state index in [1.165, 1.54) is 36.1 Å². The van der Waals surface area contributed by atoms with Crippen molar-refractivity contribution in [2.45, 2.75) is 58.4 Å². The van der Waals surface area contributed by atoms with Gasteiger partial charge in [-0.25, -0.2) is 9.97 Å². The van der Waals surface area contributed by atoms with Gasteiger partial charge >= 0.3 is 0 Å². The highest BCUT2D eigenvalue weighted by molar-refractivity contribution is 7.18. The number of hydrogen-bond donors (Lipinski definition) is 2. The summed E-state index contributed by atoms with van der Waals surface area (Å²) in [6, 6.07) is 0.336. The maximum Gasteiger partial charge on any atom is 0.239 e. The Morgan fingerprint density at radius 1 is 1.22 bits per heavy atom. The molecule has 3 rings (SSSR count).